The predicted molar refractivity (Wildman–Crippen MR) is 87.7 cm³/mol. The molecule has 0 spiro atoms. The topological polar surface area (TPSA) is 96.9 Å². The molecular weight excluding hydrogens is 292 g/mol. The zero-order valence-electron chi connectivity index (χ0n) is 13.2. The molecule has 0 radical (unpaired) electrons. The molecule has 2 aromatic heterocycles. The Morgan fingerprint density at radius 1 is 1.39 bits per heavy atom. The summed E-state index contributed by atoms with van der Waals surface area (Å²) in [5.41, 5.74) is 7.81. The number of furan rings is 1. The Hall–Kier alpha value is -2.60. The lowest BCUT2D eigenvalue weighted by Crippen LogP contribution is -2.32. The lowest BCUT2D eigenvalue weighted by atomic mass is 10.0. The quantitative estimate of drug-likeness (QED) is 0.675. The Kier molecular flexibility index (Phi) is 4.16. The Morgan fingerprint density at radius 2 is 2.17 bits per heavy atom. The van der Waals surface area contributed by atoms with E-state index in [9.17, 15) is 4.79 Å². The summed E-state index contributed by atoms with van der Waals surface area (Å²) in [5.74, 6) is 1.31. The highest BCUT2D eigenvalue weighted by Crippen LogP contribution is 2.23. The third-order valence-electron chi connectivity index (χ3n) is 3.77. The van der Waals surface area contributed by atoms with Crippen LogP contribution in [0.4, 0.5) is 0 Å². The monoisotopic (exact) mass is 312 g/mol. The molecule has 3 aromatic rings. The molecule has 1 atom stereocenters. The van der Waals surface area contributed by atoms with Crippen LogP contribution in [0.2, 0.25) is 0 Å². The van der Waals surface area contributed by atoms with Gasteiger partial charge in [0, 0.05) is 0 Å². The number of nitrogens with one attached hydrogen (secondary N) is 2. The summed E-state index contributed by atoms with van der Waals surface area (Å²) in [6.45, 7) is 4.35. The van der Waals surface area contributed by atoms with Gasteiger partial charge in [-0.3, -0.25) is 4.79 Å². The first-order valence-corrected chi connectivity index (χ1v) is 7.61. The van der Waals surface area contributed by atoms with Crippen molar-refractivity contribution in [2.24, 2.45) is 11.7 Å². The van der Waals surface area contributed by atoms with Crippen molar-refractivity contribution in [3.05, 3.63) is 53.7 Å². The van der Waals surface area contributed by atoms with Crippen molar-refractivity contribution < 1.29 is 9.21 Å². The van der Waals surface area contributed by atoms with Crippen molar-refractivity contribution in [2.45, 2.75) is 26.4 Å². The number of rotatable bonds is 5. The van der Waals surface area contributed by atoms with E-state index in [1.54, 1.807) is 6.07 Å². The van der Waals surface area contributed by atoms with Gasteiger partial charge in [-0.2, -0.15) is 0 Å². The van der Waals surface area contributed by atoms with Gasteiger partial charge in [0.05, 0.1) is 29.2 Å². The standard InChI is InChI=1S/C17H20N4O2/c1-10(2)15(16-19-13-5-3-4-6-14(13)20-16)21-17(22)11-7-12(8-18)23-9-11/h3-7,9-10,15H,8,18H2,1-2H3,(H,19,20)(H,21,22). The van der Waals surface area contributed by atoms with Gasteiger partial charge in [0.1, 0.15) is 17.8 Å². The van der Waals surface area contributed by atoms with Crippen LogP contribution >= 0.6 is 0 Å². The highest BCUT2D eigenvalue weighted by molar-refractivity contribution is 5.94. The number of hydrogen-bond donors (Lipinski definition) is 3. The minimum absolute atomic E-state index is 0.181. The van der Waals surface area contributed by atoms with Gasteiger partial charge in [-0.15, -0.1) is 0 Å². The molecule has 2 heterocycles. The number of nitrogens with zero attached hydrogens (tertiary/aromatic N) is 1. The van der Waals surface area contributed by atoms with Crippen LogP contribution in [0.15, 0.2) is 41.0 Å². The third-order valence-corrected chi connectivity index (χ3v) is 3.77. The van der Waals surface area contributed by atoms with Crippen LogP contribution < -0.4 is 11.1 Å². The molecule has 0 aliphatic rings. The van der Waals surface area contributed by atoms with Crippen LogP contribution in [0.3, 0.4) is 0 Å². The summed E-state index contributed by atoms with van der Waals surface area (Å²) in [7, 11) is 0. The number of benzene rings is 1. The van der Waals surface area contributed by atoms with Crippen molar-refractivity contribution in [1.29, 1.82) is 0 Å². The lowest BCUT2D eigenvalue weighted by Gasteiger charge is -2.19. The first kappa shape index (κ1) is 15.3. The van der Waals surface area contributed by atoms with E-state index in [-0.39, 0.29) is 24.4 Å². The Morgan fingerprint density at radius 3 is 2.83 bits per heavy atom. The van der Waals surface area contributed by atoms with Gasteiger partial charge in [0.25, 0.3) is 5.91 Å². The highest BCUT2D eigenvalue weighted by atomic mass is 16.3. The van der Waals surface area contributed by atoms with E-state index in [1.807, 2.05) is 38.1 Å². The number of hydrogen-bond acceptors (Lipinski definition) is 4. The maximum atomic E-state index is 12.4. The van der Waals surface area contributed by atoms with Crippen LogP contribution in [0.25, 0.3) is 11.0 Å². The lowest BCUT2D eigenvalue weighted by molar-refractivity contribution is 0.0922. The molecule has 120 valence electrons. The number of carbonyl (C=O) groups excluding carboxylic acids is 1. The number of fused-ring (bicyclic) bond motifs is 1. The summed E-state index contributed by atoms with van der Waals surface area (Å²) < 4.78 is 5.22. The molecule has 0 fully saturated rings. The fourth-order valence-electron chi connectivity index (χ4n) is 2.50. The molecule has 0 saturated heterocycles. The summed E-state index contributed by atoms with van der Waals surface area (Å²) in [6, 6.07) is 9.24. The van der Waals surface area contributed by atoms with Gasteiger partial charge in [-0.1, -0.05) is 26.0 Å². The average Bonchev–Trinajstić information content (AvgIpc) is 3.18. The van der Waals surface area contributed by atoms with Crippen LogP contribution in [-0.2, 0) is 6.54 Å². The Balaban J connectivity index is 1.85. The number of H-pyrrole nitrogens is 1. The van der Waals surface area contributed by atoms with E-state index in [1.165, 1.54) is 6.26 Å². The van der Waals surface area contributed by atoms with Crippen molar-refractivity contribution in [3.8, 4) is 0 Å². The van der Waals surface area contributed by atoms with Gasteiger partial charge in [0.2, 0.25) is 0 Å². The Bertz CT molecular complexity index is 786. The number of imidazole rings is 1. The van der Waals surface area contributed by atoms with Crippen molar-refractivity contribution in [2.75, 3.05) is 0 Å². The number of nitrogens with two attached hydrogens (primary N) is 1. The number of para-hydroxylation sites is 2. The maximum absolute atomic E-state index is 12.4. The van der Waals surface area contributed by atoms with Crippen molar-refractivity contribution >= 4 is 16.9 Å². The molecule has 1 unspecified atom stereocenters. The minimum atomic E-state index is -0.217. The molecule has 23 heavy (non-hydrogen) atoms. The minimum Gasteiger partial charge on any atom is -0.467 e. The van der Waals surface area contributed by atoms with Gasteiger partial charge in [-0.05, 0) is 24.1 Å². The van der Waals surface area contributed by atoms with E-state index in [4.69, 9.17) is 10.2 Å². The number of carbonyl (C=O) groups is 1. The summed E-state index contributed by atoms with van der Waals surface area (Å²) in [6.07, 6.45) is 1.42. The van der Waals surface area contributed by atoms with E-state index in [2.05, 4.69) is 15.3 Å². The smallest absolute Gasteiger partial charge is 0.255 e. The number of aromatic amines is 1. The first-order valence-electron chi connectivity index (χ1n) is 7.61. The molecule has 0 bridgehead atoms. The average molecular weight is 312 g/mol. The second-order valence-electron chi connectivity index (χ2n) is 5.84. The molecule has 3 rings (SSSR count). The third kappa shape index (κ3) is 3.12. The van der Waals surface area contributed by atoms with Crippen LogP contribution in [0.1, 0.15) is 41.8 Å². The molecule has 1 amide bonds. The first-order chi connectivity index (χ1) is 11.1. The summed E-state index contributed by atoms with van der Waals surface area (Å²) >= 11 is 0. The van der Waals surface area contributed by atoms with Gasteiger partial charge < -0.3 is 20.5 Å². The number of amides is 1. The molecular formula is C17H20N4O2. The maximum Gasteiger partial charge on any atom is 0.255 e. The summed E-state index contributed by atoms with van der Waals surface area (Å²) in [5, 5.41) is 3.01. The normalized spacial score (nSPS) is 12.7. The van der Waals surface area contributed by atoms with E-state index in [0.29, 0.717) is 11.3 Å². The highest BCUT2D eigenvalue weighted by Gasteiger charge is 2.23. The van der Waals surface area contributed by atoms with Gasteiger partial charge in [0.15, 0.2) is 0 Å². The molecule has 4 N–H and O–H groups in total. The van der Waals surface area contributed by atoms with E-state index < -0.39 is 0 Å². The second kappa shape index (κ2) is 6.26. The van der Waals surface area contributed by atoms with Crippen LogP contribution in [0, 0.1) is 5.92 Å². The van der Waals surface area contributed by atoms with Crippen LogP contribution in [0.5, 0.6) is 0 Å². The largest absolute Gasteiger partial charge is 0.467 e. The van der Waals surface area contributed by atoms with Crippen LogP contribution in [-0.4, -0.2) is 15.9 Å². The van der Waals surface area contributed by atoms with Crippen molar-refractivity contribution in [1.82, 2.24) is 15.3 Å². The molecule has 6 nitrogen and oxygen atoms in total. The zero-order valence-corrected chi connectivity index (χ0v) is 13.2. The molecule has 0 aliphatic heterocycles. The molecule has 0 saturated carbocycles. The van der Waals surface area contributed by atoms with Crippen molar-refractivity contribution in [3.63, 3.8) is 0 Å². The second-order valence-corrected chi connectivity index (χ2v) is 5.84. The number of aromatic nitrogens is 2. The molecule has 0 aliphatic carbocycles. The molecule has 6 heteroatoms. The van der Waals surface area contributed by atoms with Gasteiger partial charge in [-0.25, -0.2) is 4.98 Å². The van der Waals surface area contributed by atoms with E-state index in [0.717, 1.165) is 16.9 Å². The summed E-state index contributed by atoms with van der Waals surface area (Å²) in [4.78, 5) is 20.3. The zero-order chi connectivity index (χ0) is 16.4. The van der Waals surface area contributed by atoms with E-state index >= 15 is 0 Å². The molecule has 1 aromatic carbocycles. The fourth-order valence-corrected chi connectivity index (χ4v) is 2.50. The fraction of sp³-hybridized carbons (Fsp3) is 0.294. The van der Waals surface area contributed by atoms with Gasteiger partial charge >= 0.3 is 0 Å². The SMILES string of the molecule is CC(C)C(NC(=O)c1coc(CN)c1)c1nc2ccccc2[nH]1. The predicted octanol–water partition coefficient (Wildman–Crippen LogP) is 2.74. The Labute approximate surface area is 134 Å².